The number of nitrogens with one attached hydrogen (secondary N) is 2. The molecule has 0 bridgehead atoms. The van der Waals surface area contributed by atoms with E-state index in [-0.39, 0.29) is 6.04 Å². The monoisotopic (exact) mass is 318 g/mol. The van der Waals surface area contributed by atoms with Gasteiger partial charge in [0.2, 0.25) is 0 Å². The second-order valence-corrected chi connectivity index (χ2v) is 5.97. The summed E-state index contributed by atoms with van der Waals surface area (Å²) in [4.78, 5) is 3.25. The van der Waals surface area contributed by atoms with E-state index < -0.39 is 0 Å². The number of halogens is 2. The van der Waals surface area contributed by atoms with Crippen LogP contribution in [0.2, 0.25) is 10.0 Å². The van der Waals surface area contributed by atoms with Crippen LogP contribution < -0.4 is 5.32 Å². The average molecular weight is 319 g/mol. The molecule has 0 aliphatic rings. The first-order chi connectivity index (χ1) is 10.1. The molecule has 2 nitrogen and oxygen atoms in total. The fraction of sp³-hybridized carbons (Fsp3) is 0.176. The van der Waals surface area contributed by atoms with E-state index in [9.17, 15) is 0 Å². The standard InChI is InChI=1S/C17H16Cl2N2/c1-11(14-4-2-3-5-16(14)19)20-9-12-10-21-17-8-13(18)6-7-15(12)17/h2-8,10-11,20-21H,9H2,1H3/t11-/m0/s1. The van der Waals surface area contributed by atoms with Crippen molar-refractivity contribution in [1.29, 1.82) is 0 Å². The lowest BCUT2D eigenvalue weighted by atomic mass is 10.1. The topological polar surface area (TPSA) is 27.8 Å². The summed E-state index contributed by atoms with van der Waals surface area (Å²) >= 11 is 12.2. The smallest absolute Gasteiger partial charge is 0.0472 e. The summed E-state index contributed by atoms with van der Waals surface area (Å²) in [7, 11) is 0. The van der Waals surface area contributed by atoms with E-state index in [1.54, 1.807) is 0 Å². The van der Waals surface area contributed by atoms with E-state index in [0.29, 0.717) is 0 Å². The van der Waals surface area contributed by atoms with E-state index in [0.717, 1.165) is 27.7 Å². The van der Waals surface area contributed by atoms with Gasteiger partial charge in [0.1, 0.15) is 0 Å². The quantitative estimate of drug-likeness (QED) is 0.669. The predicted octanol–water partition coefficient (Wildman–Crippen LogP) is 5.33. The summed E-state index contributed by atoms with van der Waals surface area (Å²) in [6.45, 7) is 2.89. The van der Waals surface area contributed by atoms with Crippen molar-refractivity contribution in [2.75, 3.05) is 0 Å². The normalized spacial score (nSPS) is 12.7. The van der Waals surface area contributed by atoms with Crippen LogP contribution in [0.15, 0.2) is 48.7 Å². The van der Waals surface area contributed by atoms with Crippen molar-refractivity contribution < 1.29 is 0 Å². The van der Waals surface area contributed by atoms with E-state index in [1.165, 1.54) is 10.9 Å². The van der Waals surface area contributed by atoms with Crippen LogP contribution in [-0.2, 0) is 6.54 Å². The molecule has 1 atom stereocenters. The molecule has 0 aliphatic carbocycles. The molecule has 0 aliphatic heterocycles. The Morgan fingerprint density at radius 3 is 2.76 bits per heavy atom. The van der Waals surface area contributed by atoms with E-state index in [4.69, 9.17) is 23.2 Å². The van der Waals surface area contributed by atoms with Crippen LogP contribution in [0.5, 0.6) is 0 Å². The van der Waals surface area contributed by atoms with Gasteiger partial charge in [0.25, 0.3) is 0 Å². The lowest BCUT2D eigenvalue weighted by Crippen LogP contribution is -2.18. The fourth-order valence-electron chi connectivity index (χ4n) is 2.50. The van der Waals surface area contributed by atoms with Crippen LogP contribution in [0.3, 0.4) is 0 Å². The number of hydrogen-bond donors (Lipinski definition) is 2. The van der Waals surface area contributed by atoms with E-state index >= 15 is 0 Å². The molecule has 0 fully saturated rings. The van der Waals surface area contributed by atoms with Crippen molar-refractivity contribution in [2.24, 2.45) is 0 Å². The first kappa shape index (κ1) is 14.5. The summed E-state index contributed by atoms with van der Waals surface area (Å²) < 4.78 is 0. The second kappa shape index (κ2) is 6.10. The van der Waals surface area contributed by atoms with Gasteiger partial charge in [0.05, 0.1) is 0 Å². The van der Waals surface area contributed by atoms with Crippen LogP contribution in [0.4, 0.5) is 0 Å². The summed E-state index contributed by atoms with van der Waals surface area (Å²) in [6, 6.07) is 14.0. The van der Waals surface area contributed by atoms with Crippen molar-refractivity contribution in [2.45, 2.75) is 19.5 Å². The fourth-order valence-corrected chi connectivity index (χ4v) is 2.98. The summed E-state index contributed by atoms with van der Waals surface area (Å²) in [5.41, 5.74) is 3.40. The van der Waals surface area contributed by atoms with Gasteiger partial charge in [-0.05, 0) is 36.2 Å². The van der Waals surface area contributed by atoms with Gasteiger partial charge in [-0.1, -0.05) is 47.5 Å². The first-order valence-corrected chi connectivity index (χ1v) is 7.64. The highest BCUT2D eigenvalue weighted by molar-refractivity contribution is 6.31. The maximum absolute atomic E-state index is 6.23. The third kappa shape index (κ3) is 3.08. The van der Waals surface area contributed by atoms with Gasteiger partial charge in [-0.3, -0.25) is 0 Å². The van der Waals surface area contributed by atoms with Gasteiger partial charge in [-0.2, -0.15) is 0 Å². The zero-order valence-electron chi connectivity index (χ0n) is 11.7. The van der Waals surface area contributed by atoms with Crippen LogP contribution in [0, 0.1) is 0 Å². The molecule has 0 amide bonds. The second-order valence-electron chi connectivity index (χ2n) is 5.13. The third-order valence-electron chi connectivity index (χ3n) is 3.70. The molecule has 21 heavy (non-hydrogen) atoms. The molecule has 2 aromatic carbocycles. The van der Waals surface area contributed by atoms with Crippen LogP contribution in [0.1, 0.15) is 24.1 Å². The Hall–Kier alpha value is -1.48. The Balaban J connectivity index is 1.76. The van der Waals surface area contributed by atoms with Crippen molar-refractivity contribution in [1.82, 2.24) is 10.3 Å². The van der Waals surface area contributed by atoms with Gasteiger partial charge in [-0.15, -0.1) is 0 Å². The minimum Gasteiger partial charge on any atom is -0.361 e. The zero-order valence-corrected chi connectivity index (χ0v) is 13.2. The average Bonchev–Trinajstić information content (AvgIpc) is 2.87. The molecule has 1 aromatic heterocycles. The molecule has 3 rings (SSSR count). The van der Waals surface area contributed by atoms with Crippen molar-refractivity contribution >= 4 is 34.1 Å². The van der Waals surface area contributed by atoms with Crippen molar-refractivity contribution in [3.05, 3.63) is 69.8 Å². The molecule has 4 heteroatoms. The van der Waals surface area contributed by atoms with Crippen molar-refractivity contribution in [3.8, 4) is 0 Å². The van der Waals surface area contributed by atoms with Gasteiger partial charge < -0.3 is 10.3 Å². The van der Waals surface area contributed by atoms with Gasteiger partial charge in [0, 0.05) is 39.7 Å². The minimum atomic E-state index is 0.191. The Morgan fingerprint density at radius 2 is 1.95 bits per heavy atom. The number of H-pyrrole nitrogens is 1. The first-order valence-electron chi connectivity index (χ1n) is 6.88. The summed E-state index contributed by atoms with van der Waals surface area (Å²) in [5.74, 6) is 0. The number of rotatable bonds is 4. The summed E-state index contributed by atoms with van der Waals surface area (Å²) in [6.07, 6.45) is 2.02. The highest BCUT2D eigenvalue weighted by atomic mass is 35.5. The Bertz CT molecular complexity index is 764. The number of aromatic amines is 1. The molecule has 1 heterocycles. The molecule has 0 saturated heterocycles. The van der Waals surface area contributed by atoms with Crippen molar-refractivity contribution in [3.63, 3.8) is 0 Å². The molecule has 108 valence electrons. The maximum atomic E-state index is 6.23. The molecule has 0 saturated carbocycles. The largest absolute Gasteiger partial charge is 0.361 e. The Labute approximate surface area is 134 Å². The molecule has 0 radical (unpaired) electrons. The predicted molar refractivity (Wildman–Crippen MR) is 90.0 cm³/mol. The Kier molecular flexibility index (Phi) is 4.20. The van der Waals surface area contributed by atoms with Crippen LogP contribution >= 0.6 is 23.2 Å². The van der Waals surface area contributed by atoms with Gasteiger partial charge in [0.15, 0.2) is 0 Å². The van der Waals surface area contributed by atoms with E-state index in [2.05, 4.69) is 23.3 Å². The number of hydrogen-bond acceptors (Lipinski definition) is 1. The third-order valence-corrected chi connectivity index (χ3v) is 4.28. The van der Waals surface area contributed by atoms with Crippen LogP contribution in [0.25, 0.3) is 10.9 Å². The molecule has 0 spiro atoms. The van der Waals surface area contributed by atoms with E-state index in [1.807, 2.05) is 42.6 Å². The molecular formula is C17H16Cl2N2. The molecular weight excluding hydrogens is 303 g/mol. The lowest BCUT2D eigenvalue weighted by molar-refractivity contribution is 0.576. The van der Waals surface area contributed by atoms with Gasteiger partial charge in [-0.25, -0.2) is 0 Å². The number of aromatic nitrogens is 1. The zero-order chi connectivity index (χ0) is 14.8. The maximum Gasteiger partial charge on any atom is 0.0472 e. The lowest BCUT2D eigenvalue weighted by Gasteiger charge is -2.15. The summed E-state index contributed by atoms with van der Waals surface area (Å²) in [5, 5.41) is 6.24. The highest BCUT2D eigenvalue weighted by Gasteiger charge is 2.10. The number of benzene rings is 2. The molecule has 2 N–H and O–H groups in total. The highest BCUT2D eigenvalue weighted by Crippen LogP contribution is 2.25. The van der Waals surface area contributed by atoms with Crippen LogP contribution in [-0.4, -0.2) is 4.98 Å². The Morgan fingerprint density at radius 1 is 1.14 bits per heavy atom. The minimum absolute atomic E-state index is 0.191. The molecule has 0 unspecified atom stereocenters. The SMILES string of the molecule is C[C@H](NCc1c[nH]c2cc(Cl)ccc12)c1ccccc1Cl. The number of fused-ring (bicyclic) bond motifs is 1. The van der Waals surface area contributed by atoms with Gasteiger partial charge >= 0.3 is 0 Å². The molecule has 3 aromatic rings.